The lowest BCUT2D eigenvalue weighted by atomic mass is 9.90. The van der Waals surface area contributed by atoms with Crippen LogP contribution in [0.3, 0.4) is 0 Å². The van der Waals surface area contributed by atoms with Crippen LogP contribution in [0, 0.1) is 57.3 Å². The Balaban J connectivity index is 0. The van der Waals surface area contributed by atoms with Crippen LogP contribution in [0.25, 0.3) is 0 Å². The Kier molecular flexibility index (Phi) is 20.1. The van der Waals surface area contributed by atoms with Crippen LogP contribution in [0.1, 0.15) is 79.6 Å². The van der Waals surface area contributed by atoms with E-state index >= 15 is 0 Å². The van der Waals surface area contributed by atoms with Crippen LogP contribution in [0.4, 0.5) is 0 Å². The van der Waals surface area contributed by atoms with Gasteiger partial charge >= 0.3 is 14.2 Å². The largest absolute Gasteiger partial charge is 0.454 e. The molecule has 0 radical (unpaired) electrons. The third kappa shape index (κ3) is 15.0. The number of nitriles is 2. The average molecular weight is 639 g/mol. The molecule has 3 aromatic heterocycles. The first-order valence-corrected chi connectivity index (χ1v) is 14.4. The van der Waals surface area contributed by atoms with E-state index in [1.54, 1.807) is 18.6 Å². The first-order valence-electron chi connectivity index (χ1n) is 14.0. The van der Waals surface area contributed by atoms with Crippen LogP contribution in [0.2, 0.25) is 18.7 Å². The molecule has 0 saturated carbocycles. The maximum absolute atomic E-state index is 8.55. The smallest absolute Gasteiger partial charge is 0.427 e. The fraction of sp³-hybridized carbons (Fsp3) is 0.469. The predicted octanol–water partition coefficient (Wildman–Crippen LogP) is 6.08. The zero-order valence-corrected chi connectivity index (χ0v) is 28.5. The van der Waals surface area contributed by atoms with Gasteiger partial charge in [0.2, 0.25) is 0 Å². The molecule has 1 aliphatic heterocycles. The number of aryl methyl sites for hydroxylation is 3. The highest BCUT2D eigenvalue weighted by molar-refractivity contribution is 6.43. The van der Waals surface area contributed by atoms with E-state index in [2.05, 4.69) is 55.6 Å². The highest BCUT2D eigenvalue weighted by Gasteiger charge is 2.48. The maximum atomic E-state index is 8.55. The molecule has 1 aliphatic rings. The van der Waals surface area contributed by atoms with E-state index in [4.69, 9.17) is 47.2 Å². The van der Waals surface area contributed by atoms with Gasteiger partial charge in [-0.25, -0.2) is 0 Å². The molecule has 10 nitrogen and oxygen atoms in total. The molecule has 0 unspecified atom stereocenters. The van der Waals surface area contributed by atoms with E-state index in [0.717, 1.165) is 22.3 Å². The van der Waals surface area contributed by atoms with Gasteiger partial charge in [-0.3, -0.25) is 15.0 Å². The van der Waals surface area contributed by atoms with Gasteiger partial charge in [-0.2, -0.15) is 10.5 Å². The van der Waals surface area contributed by atoms with Gasteiger partial charge < -0.3 is 25.1 Å². The van der Waals surface area contributed by atoms with Gasteiger partial charge in [0.25, 0.3) is 0 Å². The highest BCUT2D eigenvalue weighted by atomic mass is 35.5. The van der Waals surface area contributed by atoms with Crippen molar-refractivity contribution in [3.8, 4) is 12.1 Å². The molecular weight excluding hydrogens is 589 g/mol. The summed E-state index contributed by atoms with van der Waals surface area (Å²) in [5, 5.41) is 32.7. The highest BCUT2D eigenvalue weighted by Crippen LogP contribution is 2.36. The fourth-order valence-electron chi connectivity index (χ4n) is 3.40. The molecule has 0 amide bonds. The summed E-state index contributed by atoms with van der Waals surface area (Å²) in [4.78, 5) is 11.7. The topological polar surface area (TPSA) is 171 Å². The number of aromatic nitrogens is 3. The molecule has 1 fully saturated rings. The predicted molar refractivity (Wildman–Crippen MR) is 183 cm³/mol. The van der Waals surface area contributed by atoms with Gasteiger partial charge in [0, 0.05) is 43.7 Å². The average Bonchev–Trinajstić information content (AvgIpc) is 3.13. The van der Waals surface area contributed by atoms with Gasteiger partial charge in [0.1, 0.15) is 12.1 Å². The van der Waals surface area contributed by atoms with Crippen LogP contribution in [0.15, 0.2) is 37.2 Å². The van der Waals surface area contributed by atoms with Crippen molar-refractivity contribution < 1.29 is 19.4 Å². The van der Waals surface area contributed by atoms with Crippen molar-refractivity contribution in [3.05, 3.63) is 86.7 Å². The molecule has 3 aromatic rings. The standard InChI is InChI=1S/C8H12N2.C8H8N2.C7H15BO2.C7H5ClN2.CH5BO2.CH4/c2*1-6-4-10-5-8(3-9)7(6)2;1-6(2)7(3,4)10-8(5)9-6;1-5-3-10-4-6(2-9)7(5)8;1-2(3)4;/h4-5H,3,9H2,1-2H3;4-5H,1-2H3;1-5H3;3-4H,1H3;3-4H,1H3;1H4. The molecule has 4 rings (SSSR count). The summed E-state index contributed by atoms with van der Waals surface area (Å²) < 4.78 is 11.1. The van der Waals surface area contributed by atoms with Crippen LogP contribution < -0.4 is 5.73 Å². The van der Waals surface area contributed by atoms with Crippen LogP contribution in [-0.2, 0) is 15.9 Å². The molecule has 0 spiro atoms. The third-order valence-electron chi connectivity index (χ3n) is 6.93. The number of nitrogens with two attached hydrogens (primary N) is 1. The number of hydrogen-bond donors (Lipinski definition) is 3. The Hall–Kier alpha value is -3.35. The van der Waals surface area contributed by atoms with Crippen LogP contribution in [-0.4, -0.2) is 50.4 Å². The van der Waals surface area contributed by atoms with Crippen molar-refractivity contribution in [2.45, 2.75) is 101 Å². The van der Waals surface area contributed by atoms with E-state index in [1.807, 2.05) is 53.0 Å². The van der Waals surface area contributed by atoms with Gasteiger partial charge in [0.15, 0.2) is 0 Å². The van der Waals surface area contributed by atoms with E-state index < -0.39 is 7.12 Å². The number of rotatable bonds is 1. The number of hydrogen-bond acceptors (Lipinski definition) is 10. The second kappa shape index (κ2) is 20.6. The van der Waals surface area contributed by atoms with Crippen LogP contribution >= 0.6 is 11.6 Å². The normalized spacial score (nSPS) is 13.2. The van der Waals surface area contributed by atoms with E-state index in [9.17, 15) is 0 Å². The molecule has 4 N–H and O–H groups in total. The maximum Gasteiger partial charge on any atom is 0.454 e. The number of pyridine rings is 3. The number of halogens is 1. The Morgan fingerprint density at radius 2 is 1.18 bits per heavy atom. The Morgan fingerprint density at radius 3 is 1.49 bits per heavy atom. The van der Waals surface area contributed by atoms with Crippen molar-refractivity contribution in [1.82, 2.24) is 15.0 Å². The second-order valence-electron chi connectivity index (χ2n) is 11.1. The van der Waals surface area contributed by atoms with Gasteiger partial charge in [-0.05, 0) is 109 Å². The summed E-state index contributed by atoms with van der Waals surface area (Å²) in [6.07, 6.45) is 10.1. The summed E-state index contributed by atoms with van der Waals surface area (Å²) in [7, 11) is -1.23. The minimum Gasteiger partial charge on any atom is -0.427 e. The molecule has 244 valence electrons. The monoisotopic (exact) mass is 638 g/mol. The van der Waals surface area contributed by atoms with E-state index in [0.29, 0.717) is 22.7 Å². The molecule has 0 bridgehead atoms. The molecule has 0 aliphatic carbocycles. The molecule has 0 aromatic carbocycles. The minimum absolute atomic E-state index is 0. The van der Waals surface area contributed by atoms with Crippen molar-refractivity contribution in [1.29, 1.82) is 10.5 Å². The van der Waals surface area contributed by atoms with Crippen LogP contribution in [0.5, 0.6) is 0 Å². The molecular formula is C32H49B2ClN6O4. The van der Waals surface area contributed by atoms with Crippen molar-refractivity contribution in [3.63, 3.8) is 0 Å². The van der Waals surface area contributed by atoms with E-state index in [1.165, 1.54) is 24.1 Å². The Bertz CT molecular complexity index is 1350. The van der Waals surface area contributed by atoms with Crippen molar-refractivity contribution >= 4 is 25.8 Å². The number of nitrogens with zero attached hydrogens (tertiary/aromatic N) is 5. The van der Waals surface area contributed by atoms with Gasteiger partial charge in [-0.15, -0.1) is 0 Å². The zero-order chi connectivity index (χ0) is 34.3. The molecule has 0 atom stereocenters. The lowest BCUT2D eigenvalue weighted by Crippen LogP contribution is -2.41. The lowest BCUT2D eigenvalue weighted by molar-refractivity contribution is 0.00578. The lowest BCUT2D eigenvalue weighted by Gasteiger charge is -2.32. The second-order valence-corrected chi connectivity index (χ2v) is 11.4. The molecule has 13 heteroatoms. The first kappa shape index (κ1) is 43.8. The summed E-state index contributed by atoms with van der Waals surface area (Å²) in [6, 6.07) is 4.02. The van der Waals surface area contributed by atoms with Crippen molar-refractivity contribution in [2.24, 2.45) is 5.73 Å². The first-order chi connectivity index (χ1) is 20.3. The Morgan fingerprint density at radius 1 is 0.800 bits per heavy atom. The fourth-order valence-corrected chi connectivity index (χ4v) is 3.54. The summed E-state index contributed by atoms with van der Waals surface area (Å²) in [6.45, 7) is 21.8. The third-order valence-corrected chi connectivity index (χ3v) is 7.43. The molecule has 1 saturated heterocycles. The zero-order valence-electron chi connectivity index (χ0n) is 27.7. The summed E-state index contributed by atoms with van der Waals surface area (Å²) in [5.74, 6) is 0. The van der Waals surface area contributed by atoms with Gasteiger partial charge in [-0.1, -0.05) is 19.0 Å². The Labute approximate surface area is 275 Å². The quantitative estimate of drug-likeness (QED) is 0.265. The minimum atomic E-state index is -1.17. The summed E-state index contributed by atoms with van der Waals surface area (Å²) >= 11 is 5.73. The SMILES string of the molecule is C.CB(O)O.CB1OC(C)(C)C(C)(C)O1.Cc1cncc(C#N)c1C.Cc1cncc(C#N)c1Cl.Cc1cncc(CN)c1C. The van der Waals surface area contributed by atoms with Gasteiger partial charge in [0.05, 0.1) is 27.4 Å². The molecule has 4 heterocycles. The van der Waals surface area contributed by atoms with E-state index in [-0.39, 0.29) is 25.7 Å². The molecule has 45 heavy (non-hydrogen) atoms. The summed E-state index contributed by atoms with van der Waals surface area (Å²) in [5.41, 5.74) is 12.8. The van der Waals surface area contributed by atoms with Crippen molar-refractivity contribution in [2.75, 3.05) is 0 Å².